The normalized spacial score (nSPS) is 11.3. The van der Waals surface area contributed by atoms with Crippen molar-refractivity contribution in [3.63, 3.8) is 0 Å². The lowest BCUT2D eigenvalue weighted by atomic mass is 10.2. The lowest BCUT2D eigenvalue weighted by Gasteiger charge is -2.06. The van der Waals surface area contributed by atoms with Gasteiger partial charge in [0.1, 0.15) is 17.3 Å². The standard InChI is InChI=1S/C16H15ClN4S2.CH2O2/c1-9(19)5-13-14(17)15-16(23-13)12(6-10(7-18)21-15)20-8-11-3-2-4-22-11;2-1-3/h2-4,6,9H,5,8,19H2,1H3,(H,20,21);1H,(H,2,3)/t9-;/m0./s1. The predicted molar refractivity (Wildman–Crippen MR) is 107 cm³/mol. The smallest absolute Gasteiger partial charge is 0.290 e. The zero-order chi connectivity index (χ0) is 19.1. The van der Waals surface area contributed by atoms with Crippen molar-refractivity contribution in [1.29, 1.82) is 5.26 Å². The second-order valence-corrected chi connectivity index (χ2v) is 7.92. The number of halogens is 1. The summed E-state index contributed by atoms with van der Waals surface area (Å²) in [7, 11) is 0. The Kier molecular flexibility index (Phi) is 7.36. The first-order chi connectivity index (χ1) is 12.5. The fourth-order valence-electron chi connectivity index (χ4n) is 2.29. The SMILES string of the molecule is C[C@H](N)Cc1sc2c(NCc3cccs3)cc(C#N)nc2c1Cl.O=CO. The number of thiophene rings is 2. The number of nitrogens with zero attached hydrogens (tertiary/aromatic N) is 2. The number of fused-ring (bicyclic) bond motifs is 1. The predicted octanol–water partition coefficient (Wildman–Crippen LogP) is 4.09. The van der Waals surface area contributed by atoms with Crippen LogP contribution in [0, 0.1) is 11.3 Å². The molecule has 0 aliphatic carbocycles. The number of aromatic nitrogens is 1. The summed E-state index contributed by atoms with van der Waals surface area (Å²) in [6.45, 7) is 2.41. The molecule has 136 valence electrons. The second-order valence-electron chi connectivity index (χ2n) is 5.40. The molecule has 3 aromatic heterocycles. The highest BCUT2D eigenvalue weighted by Crippen LogP contribution is 2.39. The van der Waals surface area contributed by atoms with Crippen molar-refractivity contribution in [2.24, 2.45) is 5.73 Å². The Morgan fingerprint density at radius 3 is 2.88 bits per heavy atom. The Morgan fingerprint density at radius 1 is 1.58 bits per heavy atom. The van der Waals surface area contributed by atoms with Crippen molar-refractivity contribution in [2.45, 2.75) is 25.9 Å². The van der Waals surface area contributed by atoms with E-state index in [4.69, 9.17) is 27.2 Å². The minimum Gasteiger partial charge on any atom is -0.483 e. The molecule has 0 saturated heterocycles. The number of nitrogens with two attached hydrogens (primary N) is 1. The van der Waals surface area contributed by atoms with Gasteiger partial charge in [0.15, 0.2) is 0 Å². The van der Waals surface area contributed by atoms with Crippen LogP contribution in [-0.4, -0.2) is 22.6 Å². The maximum Gasteiger partial charge on any atom is 0.290 e. The Morgan fingerprint density at radius 2 is 2.31 bits per heavy atom. The van der Waals surface area contributed by atoms with E-state index in [1.807, 2.05) is 18.4 Å². The van der Waals surface area contributed by atoms with Gasteiger partial charge in [-0.25, -0.2) is 4.98 Å². The monoisotopic (exact) mass is 408 g/mol. The maximum atomic E-state index is 9.22. The summed E-state index contributed by atoms with van der Waals surface area (Å²) in [6, 6.07) is 8.00. The Labute approximate surface area is 163 Å². The van der Waals surface area contributed by atoms with E-state index in [9.17, 15) is 5.26 Å². The number of nitriles is 1. The molecule has 9 heteroatoms. The van der Waals surface area contributed by atoms with E-state index in [-0.39, 0.29) is 12.5 Å². The lowest BCUT2D eigenvalue weighted by Crippen LogP contribution is -2.17. The van der Waals surface area contributed by atoms with E-state index in [0.29, 0.717) is 29.2 Å². The van der Waals surface area contributed by atoms with E-state index in [0.717, 1.165) is 15.3 Å². The van der Waals surface area contributed by atoms with E-state index in [1.165, 1.54) is 4.88 Å². The molecular formula is C17H17ClN4O2S2. The third-order valence-electron chi connectivity index (χ3n) is 3.31. The quantitative estimate of drug-likeness (QED) is 0.548. The van der Waals surface area contributed by atoms with Crippen molar-refractivity contribution < 1.29 is 9.90 Å². The Bertz CT molecular complexity index is 917. The van der Waals surface area contributed by atoms with Gasteiger partial charge in [-0.1, -0.05) is 17.7 Å². The molecule has 3 rings (SSSR count). The van der Waals surface area contributed by atoms with Crippen LogP contribution in [0.1, 0.15) is 22.4 Å². The van der Waals surface area contributed by atoms with Gasteiger partial charge in [-0.05, 0) is 30.9 Å². The first-order valence-corrected chi connectivity index (χ1v) is 9.69. The fraction of sp³-hybridized carbons (Fsp3) is 0.235. The van der Waals surface area contributed by atoms with Crippen LogP contribution >= 0.6 is 34.3 Å². The maximum absolute atomic E-state index is 9.22. The van der Waals surface area contributed by atoms with Crippen LogP contribution in [0.5, 0.6) is 0 Å². The third kappa shape index (κ3) is 4.93. The van der Waals surface area contributed by atoms with Crippen molar-refractivity contribution in [2.75, 3.05) is 5.32 Å². The van der Waals surface area contributed by atoms with Gasteiger partial charge in [0.05, 0.1) is 15.4 Å². The van der Waals surface area contributed by atoms with E-state index >= 15 is 0 Å². The van der Waals surface area contributed by atoms with Crippen LogP contribution in [-0.2, 0) is 17.8 Å². The summed E-state index contributed by atoms with van der Waals surface area (Å²) in [4.78, 5) is 15.0. The zero-order valence-electron chi connectivity index (χ0n) is 13.9. The van der Waals surface area contributed by atoms with Gasteiger partial charge < -0.3 is 16.2 Å². The molecule has 1 atom stereocenters. The van der Waals surface area contributed by atoms with Crippen LogP contribution < -0.4 is 11.1 Å². The van der Waals surface area contributed by atoms with E-state index in [1.54, 1.807) is 28.7 Å². The number of rotatable bonds is 5. The minimum absolute atomic E-state index is 0.0264. The van der Waals surface area contributed by atoms with E-state index in [2.05, 4.69) is 22.4 Å². The first kappa shape index (κ1) is 20.1. The van der Waals surface area contributed by atoms with Gasteiger partial charge in [-0.15, -0.1) is 22.7 Å². The highest BCUT2D eigenvalue weighted by molar-refractivity contribution is 7.20. The molecule has 0 spiro atoms. The largest absolute Gasteiger partial charge is 0.483 e. The molecular weight excluding hydrogens is 392 g/mol. The summed E-state index contributed by atoms with van der Waals surface area (Å²) in [5.41, 5.74) is 7.82. The lowest BCUT2D eigenvalue weighted by molar-refractivity contribution is -0.122. The molecule has 6 nitrogen and oxygen atoms in total. The number of anilines is 1. The number of pyridine rings is 1. The van der Waals surface area contributed by atoms with Crippen molar-refractivity contribution in [1.82, 2.24) is 4.98 Å². The van der Waals surface area contributed by atoms with Gasteiger partial charge >= 0.3 is 0 Å². The summed E-state index contributed by atoms with van der Waals surface area (Å²) in [5.74, 6) is 0. The molecule has 0 bridgehead atoms. The number of hydrogen-bond acceptors (Lipinski definition) is 7. The van der Waals surface area contributed by atoms with Crippen LogP contribution in [0.4, 0.5) is 5.69 Å². The Balaban J connectivity index is 0.000000758. The molecule has 0 aromatic carbocycles. The molecule has 3 aromatic rings. The molecule has 0 saturated carbocycles. The molecule has 0 unspecified atom stereocenters. The van der Waals surface area contributed by atoms with Crippen molar-refractivity contribution in [3.05, 3.63) is 44.1 Å². The average Bonchev–Trinajstić information content (AvgIpc) is 3.22. The highest BCUT2D eigenvalue weighted by atomic mass is 35.5. The van der Waals surface area contributed by atoms with Gasteiger partial charge in [0.2, 0.25) is 0 Å². The molecule has 0 aliphatic heterocycles. The number of carbonyl (C=O) groups is 1. The molecule has 0 fully saturated rings. The van der Waals surface area contributed by atoms with Crippen LogP contribution in [0.2, 0.25) is 5.02 Å². The van der Waals surface area contributed by atoms with Gasteiger partial charge in [0, 0.05) is 22.3 Å². The van der Waals surface area contributed by atoms with E-state index < -0.39 is 0 Å². The van der Waals surface area contributed by atoms with Crippen LogP contribution in [0.25, 0.3) is 10.2 Å². The fourth-order valence-corrected chi connectivity index (χ4v) is 4.59. The minimum atomic E-state index is -0.250. The Hall–Kier alpha value is -2.18. The number of hydrogen-bond donors (Lipinski definition) is 3. The van der Waals surface area contributed by atoms with Crippen LogP contribution in [0.15, 0.2) is 23.6 Å². The molecule has 26 heavy (non-hydrogen) atoms. The number of nitrogens with one attached hydrogen (secondary N) is 1. The second kappa shape index (κ2) is 9.50. The topological polar surface area (TPSA) is 112 Å². The third-order valence-corrected chi connectivity index (χ3v) is 5.94. The average molecular weight is 409 g/mol. The number of carboxylic acid groups (broad SMARTS) is 1. The molecule has 3 heterocycles. The van der Waals surface area contributed by atoms with Crippen molar-refractivity contribution in [3.8, 4) is 6.07 Å². The molecule has 4 N–H and O–H groups in total. The zero-order valence-corrected chi connectivity index (χ0v) is 16.3. The van der Waals surface area contributed by atoms with Gasteiger partial charge in [-0.2, -0.15) is 5.26 Å². The summed E-state index contributed by atoms with van der Waals surface area (Å²) >= 11 is 9.74. The molecule has 0 radical (unpaired) electrons. The summed E-state index contributed by atoms with van der Waals surface area (Å²) in [6.07, 6.45) is 0.701. The molecule has 0 aliphatic rings. The van der Waals surface area contributed by atoms with Gasteiger partial charge in [-0.3, -0.25) is 4.79 Å². The van der Waals surface area contributed by atoms with Gasteiger partial charge in [0.25, 0.3) is 6.47 Å². The summed E-state index contributed by atoms with van der Waals surface area (Å²) in [5, 5.41) is 22.2. The first-order valence-electron chi connectivity index (χ1n) is 7.61. The van der Waals surface area contributed by atoms with Crippen LogP contribution in [0.3, 0.4) is 0 Å². The van der Waals surface area contributed by atoms with Crippen molar-refractivity contribution >= 4 is 56.7 Å². The highest BCUT2D eigenvalue weighted by Gasteiger charge is 2.17. The summed E-state index contributed by atoms with van der Waals surface area (Å²) < 4.78 is 0.973. The molecule has 0 amide bonds.